The molecule has 2 heterocycles. The van der Waals surface area contributed by atoms with E-state index in [9.17, 15) is 9.90 Å². The van der Waals surface area contributed by atoms with E-state index in [1.165, 1.54) is 17.6 Å². The van der Waals surface area contributed by atoms with Crippen molar-refractivity contribution in [2.24, 2.45) is 10.2 Å². The Kier molecular flexibility index (Phi) is 4.11. The summed E-state index contributed by atoms with van der Waals surface area (Å²) in [5.41, 5.74) is 0.932. The highest BCUT2D eigenvalue weighted by Crippen LogP contribution is 2.31. The van der Waals surface area contributed by atoms with Gasteiger partial charge in [0.2, 0.25) is 0 Å². The Morgan fingerprint density at radius 3 is 2.79 bits per heavy atom. The number of aromatic hydroxyl groups is 1. The van der Waals surface area contributed by atoms with Crippen molar-refractivity contribution in [1.29, 1.82) is 0 Å². The molecule has 1 aromatic carbocycles. The summed E-state index contributed by atoms with van der Waals surface area (Å²) in [6.07, 6.45) is 1.30. The number of rotatable bonds is 5. The molecule has 0 aliphatic carbocycles. The zero-order valence-corrected chi connectivity index (χ0v) is 12.7. The highest BCUT2D eigenvalue weighted by molar-refractivity contribution is 5.73. The number of para-hydroxylation sites is 1. The van der Waals surface area contributed by atoms with Gasteiger partial charge in [0.1, 0.15) is 11.4 Å². The number of carboxylic acid groups (broad SMARTS) is 1. The van der Waals surface area contributed by atoms with Gasteiger partial charge in [-0.2, -0.15) is 0 Å². The van der Waals surface area contributed by atoms with Crippen LogP contribution in [0.25, 0.3) is 5.65 Å². The number of carbonyl (C=O) groups is 1. The van der Waals surface area contributed by atoms with Crippen molar-refractivity contribution >= 4 is 23.1 Å². The number of ether oxygens (including phenoxy) is 1. The maximum Gasteiger partial charge on any atom is 0.309 e. The average molecular weight is 326 g/mol. The van der Waals surface area contributed by atoms with E-state index >= 15 is 0 Å². The molecule has 3 rings (SSSR count). The number of nitrogens with zero attached hydrogens (tertiary/aromatic N) is 4. The first-order chi connectivity index (χ1) is 11.6. The summed E-state index contributed by atoms with van der Waals surface area (Å²) in [7, 11) is 1.52. The van der Waals surface area contributed by atoms with Gasteiger partial charge >= 0.3 is 5.97 Å². The van der Waals surface area contributed by atoms with Gasteiger partial charge in [0.05, 0.1) is 19.2 Å². The number of hydrogen-bond donors (Lipinski definition) is 2. The molecule has 2 aromatic heterocycles. The van der Waals surface area contributed by atoms with Crippen molar-refractivity contribution in [3.63, 3.8) is 0 Å². The van der Waals surface area contributed by atoms with E-state index in [0.29, 0.717) is 11.4 Å². The molecule has 8 heteroatoms. The summed E-state index contributed by atoms with van der Waals surface area (Å²) in [6.45, 7) is 0. The largest absolute Gasteiger partial charge is 0.504 e. The monoisotopic (exact) mass is 326 g/mol. The lowest BCUT2D eigenvalue weighted by Gasteiger charge is -2.02. The molecule has 0 saturated carbocycles. The lowest BCUT2D eigenvalue weighted by molar-refractivity contribution is -0.136. The van der Waals surface area contributed by atoms with Gasteiger partial charge in [0, 0.05) is 6.20 Å². The molecule has 0 saturated heterocycles. The molecular weight excluding hydrogens is 312 g/mol. The van der Waals surface area contributed by atoms with Gasteiger partial charge in [-0.05, 0) is 24.3 Å². The first kappa shape index (κ1) is 15.5. The van der Waals surface area contributed by atoms with Crippen LogP contribution in [0.2, 0.25) is 0 Å². The van der Waals surface area contributed by atoms with Gasteiger partial charge in [-0.3, -0.25) is 9.20 Å². The minimum absolute atomic E-state index is 0.0668. The van der Waals surface area contributed by atoms with E-state index in [4.69, 9.17) is 9.84 Å². The zero-order valence-electron chi connectivity index (χ0n) is 12.7. The number of methoxy groups -OCH3 is 1. The van der Waals surface area contributed by atoms with Crippen molar-refractivity contribution in [2.45, 2.75) is 6.42 Å². The Morgan fingerprint density at radius 2 is 2.04 bits per heavy atom. The van der Waals surface area contributed by atoms with Crippen LogP contribution in [-0.2, 0) is 11.2 Å². The number of hydrogen-bond acceptors (Lipinski definition) is 6. The molecule has 2 N–H and O–H groups in total. The fraction of sp³-hybridized carbons (Fsp3) is 0.125. The SMILES string of the molecule is COc1ccccc1N=Nc1c(CC(=O)O)nc2c(O)cccn12. The summed E-state index contributed by atoms with van der Waals surface area (Å²) in [6, 6.07) is 10.1. The van der Waals surface area contributed by atoms with Gasteiger partial charge in [-0.25, -0.2) is 4.98 Å². The molecule has 0 unspecified atom stereocenters. The van der Waals surface area contributed by atoms with Crippen LogP contribution in [0.3, 0.4) is 0 Å². The van der Waals surface area contributed by atoms with E-state index in [-0.39, 0.29) is 29.3 Å². The van der Waals surface area contributed by atoms with Crippen LogP contribution in [0.15, 0.2) is 52.8 Å². The highest BCUT2D eigenvalue weighted by atomic mass is 16.5. The molecule has 3 aromatic rings. The number of carboxylic acids is 1. The molecule has 24 heavy (non-hydrogen) atoms. The normalized spacial score (nSPS) is 11.2. The van der Waals surface area contributed by atoms with E-state index in [0.717, 1.165) is 0 Å². The van der Waals surface area contributed by atoms with Crippen molar-refractivity contribution in [3.8, 4) is 11.5 Å². The number of aliphatic carboxylic acids is 1. The van der Waals surface area contributed by atoms with Crippen LogP contribution >= 0.6 is 0 Å². The third-order valence-corrected chi connectivity index (χ3v) is 3.33. The van der Waals surface area contributed by atoms with Gasteiger partial charge in [0.15, 0.2) is 17.2 Å². The number of azo groups is 1. The molecule has 0 bridgehead atoms. The maximum atomic E-state index is 11.1. The van der Waals surface area contributed by atoms with E-state index in [1.54, 1.807) is 36.5 Å². The second kappa shape index (κ2) is 6.37. The summed E-state index contributed by atoms with van der Waals surface area (Å²) < 4.78 is 6.70. The average Bonchev–Trinajstić information content (AvgIpc) is 2.91. The van der Waals surface area contributed by atoms with Crippen molar-refractivity contribution in [2.75, 3.05) is 7.11 Å². The Bertz CT molecular complexity index is 933. The van der Waals surface area contributed by atoms with Crippen LogP contribution in [0.4, 0.5) is 11.5 Å². The molecule has 0 spiro atoms. The molecule has 0 aliphatic heterocycles. The first-order valence-corrected chi connectivity index (χ1v) is 7.05. The number of fused-ring (bicyclic) bond motifs is 1. The Hall–Kier alpha value is -3.42. The predicted molar refractivity (Wildman–Crippen MR) is 85.4 cm³/mol. The number of aromatic nitrogens is 2. The Balaban J connectivity index is 2.12. The molecule has 8 nitrogen and oxygen atoms in total. The second-order valence-electron chi connectivity index (χ2n) is 4.91. The summed E-state index contributed by atoms with van der Waals surface area (Å²) in [4.78, 5) is 15.2. The van der Waals surface area contributed by atoms with Crippen LogP contribution in [-0.4, -0.2) is 32.7 Å². The molecule has 0 fully saturated rings. The van der Waals surface area contributed by atoms with E-state index < -0.39 is 5.97 Å². The minimum atomic E-state index is -1.05. The fourth-order valence-corrected chi connectivity index (χ4v) is 2.27. The molecule has 0 amide bonds. The van der Waals surface area contributed by atoms with Crippen LogP contribution < -0.4 is 4.74 Å². The highest BCUT2D eigenvalue weighted by Gasteiger charge is 2.17. The summed E-state index contributed by atoms with van der Waals surface area (Å²) in [5.74, 6) is -0.332. The third-order valence-electron chi connectivity index (χ3n) is 3.33. The van der Waals surface area contributed by atoms with E-state index in [2.05, 4.69) is 15.2 Å². The van der Waals surface area contributed by atoms with Gasteiger partial charge in [0.25, 0.3) is 0 Å². The van der Waals surface area contributed by atoms with Crippen molar-refractivity contribution in [1.82, 2.24) is 9.38 Å². The molecule has 0 radical (unpaired) electrons. The molecule has 0 aliphatic rings. The molecular formula is C16H14N4O4. The summed E-state index contributed by atoms with van der Waals surface area (Å²) in [5, 5.41) is 27.2. The van der Waals surface area contributed by atoms with Crippen LogP contribution in [0.5, 0.6) is 11.5 Å². The standard InChI is InChI=1S/C16H14N4O4/c1-24-13-7-3-2-5-10(13)18-19-15-11(9-14(22)23)17-16-12(21)6-4-8-20(15)16/h2-8,21H,9H2,1H3,(H,22,23). The fourth-order valence-electron chi connectivity index (χ4n) is 2.27. The number of imidazole rings is 1. The Morgan fingerprint density at radius 1 is 1.25 bits per heavy atom. The van der Waals surface area contributed by atoms with Gasteiger partial charge in [-0.15, -0.1) is 10.2 Å². The lowest BCUT2D eigenvalue weighted by Crippen LogP contribution is -2.00. The minimum Gasteiger partial charge on any atom is -0.504 e. The summed E-state index contributed by atoms with van der Waals surface area (Å²) >= 11 is 0. The van der Waals surface area contributed by atoms with Crippen molar-refractivity contribution in [3.05, 3.63) is 48.3 Å². The smallest absolute Gasteiger partial charge is 0.309 e. The zero-order chi connectivity index (χ0) is 17.1. The predicted octanol–water partition coefficient (Wildman–Crippen LogP) is 3.09. The lowest BCUT2D eigenvalue weighted by atomic mass is 10.3. The van der Waals surface area contributed by atoms with E-state index in [1.807, 2.05) is 0 Å². The Labute approximate surface area is 136 Å². The van der Waals surface area contributed by atoms with Crippen LogP contribution in [0.1, 0.15) is 5.69 Å². The topological polar surface area (TPSA) is 109 Å². The second-order valence-corrected chi connectivity index (χ2v) is 4.91. The molecule has 0 atom stereocenters. The first-order valence-electron chi connectivity index (χ1n) is 7.05. The van der Waals surface area contributed by atoms with Gasteiger partial charge < -0.3 is 14.9 Å². The van der Waals surface area contributed by atoms with Gasteiger partial charge in [-0.1, -0.05) is 12.1 Å². The van der Waals surface area contributed by atoms with Crippen LogP contribution in [0, 0.1) is 0 Å². The molecule has 122 valence electrons. The number of pyridine rings is 1. The quantitative estimate of drug-likeness (QED) is 0.700. The number of benzene rings is 1. The van der Waals surface area contributed by atoms with Crippen molar-refractivity contribution < 1.29 is 19.7 Å². The maximum absolute atomic E-state index is 11.1. The third kappa shape index (κ3) is 2.89.